The van der Waals surface area contributed by atoms with Crippen molar-refractivity contribution in [3.63, 3.8) is 0 Å². The van der Waals surface area contributed by atoms with Gasteiger partial charge in [0.2, 0.25) is 5.95 Å². The van der Waals surface area contributed by atoms with Crippen LogP contribution in [-0.4, -0.2) is 19.5 Å². The Morgan fingerprint density at radius 2 is 1.90 bits per heavy atom. The maximum absolute atomic E-state index is 12.6. The van der Waals surface area contributed by atoms with Gasteiger partial charge in [0.15, 0.2) is 0 Å². The van der Waals surface area contributed by atoms with E-state index in [0.29, 0.717) is 28.7 Å². The van der Waals surface area contributed by atoms with Crippen molar-refractivity contribution < 1.29 is 0 Å². The Hall–Kier alpha value is -3.19. The molecule has 0 saturated heterocycles. The van der Waals surface area contributed by atoms with E-state index in [4.69, 9.17) is 11.6 Å². The second kappa shape index (κ2) is 7.81. The Morgan fingerprint density at radius 3 is 2.65 bits per heavy atom. The summed E-state index contributed by atoms with van der Waals surface area (Å²) in [6, 6.07) is 10.0. The minimum absolute atomic E-state index is 0.0936. The summed E-state index contributed by atoms with van der Waals surface area (Å²) in [5.41, 5.74) is 1.43. The second-order valence-electron chi connectivity index (χ2n) is 8.94. The zero-order valence-corrected chi connectivity index (χ0v) is 18.6. The van der Waals surface area contributed by atoms with Crippen molar-refractivity contribution in [2.24, 2.45) is 5.41 Å². The number of nitrogens with zero attached hydrogens (tertiary/aromatic N) is 3. The molecule has 1 aromatic carbocycles. The number of rotatable bonds is 4. The number of benzene rings is 1. The van der Waals surface area contributed by atoms with Crippen LogP contribution >= 0.6 is 11.6 Å². The number of pyridine rings is 2. The number of nitrogens with one attached hydrogen (secondary N) is 2. The fourth-order valence-corrected chi connectivity index (χ4v) is 3.74. The highest BCUT2D eigenvalue weighted by Crippen LogP contribution is 2.22. The van der Waals surface area contributed by atoms with E-state index in [-0.39, 0.29) is 22.6 Å². The monoisotopic (exact) mass is 437 g/mol. The van der Waals surface area contributed by atoms with Crippen LogP contribution in [-0.2, 0) is 6.54 Å². The first-order chi connectivity index (χ1) is 14.6. The summed E-state index contributed by atoms with van der Waals surface area (Å²) in [5.74, 6) is 0.346. The number of H-pyrrole nitrogens is 1. The van der Waals surface area contributed by atoms with Crippen LogP contribution in [0.5, 0.6) is 0 Å². The van der Waals surface area contributed by atoms with Crippen molar-refractivity contribution in [1.29, 1.82) is 0 Å². The molecule has 0 aliphatic carbocycles. The van der Waals surface area contributed by atoms with Gasteiger partial charge in [-0.05, 0) is 42.7 Å². The molecule has 3 heterocycles. The molecule has 160 valence electrons. The smallest absolute Gasteiger partial charge is 0.253 e. The molecule has 0 aliphatic rings. The Labute approximate surface area is 184 Å². The SMILES string of the molecule is C[C@H](Nc1ncc2ccc(=O)n(CC(C)(C)C)c2n1)c1cc2cc(Cl)ccc2[nH]c1=O. The third kappa shape index (κ3) is 4.46. The third-order valence-electron chi connectivity index (χ3n) is 5.00. The Bertz CT molecular complexity index is 1400. The van der Waals surface area contributed by atoms with Gasteiger partial charge < -0.3 is 10.3 Å². The first-order valence-electron chi connectivity index (χ1n) is 10.1. The van der Waals surface area contributed by atoms with E-state index in [1.54, 1.807) is 35.0 Å². The largest absolute Gasteiger partial charge is 0.347 e. The molecule has 0 aliphatic heterocycles. The molecule has 0 fully saturated rings. The van der Waals surface area contributed by atoms with Gasteiger partial charge in [-0.25, -0.2) is 4.98 Å². The Balaban J connectivity index is 1.72. The molecule has 3 aromatic heterocycles. The standard InChI is InChI=1S/C23H24ClN5O2/c1-13(17-10-15-9-16(24)6-7-18(15)27-21(17)31)26-22-25-11-14-5-8-19(30)29(20(14)28-22)12-23(2,3)4/h5-11,13H,12H2,1-4H3,(H,27,31)(H,25,26,28)/t13-/m0/s1. The molecule has 2 N–H and O–H groups in total. The van der Waals surface area contributed by atoms with Crippen LogP contribution in [0.3, 0.4) is 0 Å². The number of fused-ring (bicyclic) bond motifs is 2. The quantitative estimate of drug-likeness (QED) is 0.490. The van der Waals surface area contributed by atoms with E-state index in [0.717, 1.165) is 16.3 Å². The molecule has 0 radical (unpaired) electrons. The predicted molar refractivity (Wildman–Crippen MR) is 125 cm³/mol. The van der Waals surface area contributed by atoms with Crippen molar-refractivity contribution in [3.05, 3.63) is 73.9 Å². The van der Waals surface area contributed by atoms with Crippen LogP contribution in [0.2, 0.25) is 5.02 Å². The number of hydrogen-bond donors (Lipinski definition) is 2. The highest BCUT2D eigenvalue weighted by atomic mass is 35.5. The first-order valence-corrected chi connectivity index (χ1v) is 10.4. The molecule has 8 heteroatoms. The molecule has 1 atom stereocenters. The average molecular weight is 438 g/mol. The normalized spacial score (nSPS) is 12.9. The number of anilines is 1. The van der Waals surface area contributed by atoms with E-state index in [2.05, 4.69) is 41.0 Å². The van der Waals surface area contributed by atoms with E-state index in [1.165, 1.54) is 6.07 Å². The van der Waals surface area contributed by atoms with E-state index in [9.17, 15) is 9.59 Å². The molecule has 7 nitrogen and oxygen atoms in total. The van der Waals surface area contributed by atoms with Gasteiger partial charge in [0.1, 0.15) is 5.65 Å². The molecule has 0 saturated carbocycles. The van der Waals surface area contributed by atoms with Crippen molar-refractivity contribution in [2.75, 3.05) is 5.32 Å². The third-order valence-corrected chi connectivity index (χ3v) is 5.24. The van der Waals surface area contributed by atoms with E-state index < -0.39 is 0 Å². The Morgan fingerprint density at radius 1 is 1.13 bits per heavy atom. The maximum atomic E-state index is 12.6. The number of hydrogen-bond acceptors (Lipinski definition) is 5. The van der Waals surface area contributed by atoms with Gasteiger partial charge in [0.05, 0.1) is 6.04 Å². The summed E-state index contributed by atoms with van der Waals surface area (Å²) in [5, 5.41) is 5.41. The van der Waals surface area contributed by atoms with Gasteiger partial charge in [-0.3, -0.25) is 14.2 Å². The van der Waals surface area contributed by atoms with Gasteiger partial charge in [-0.15, -0.1) is 0 Å². The maximum Gasteiger partial charge on any atom is 0.253 e. The van der Waals surface area contributed by atoms with Crippen LogP contribution < -0.4 is 16.4 Å². The van der Waals surface area contributed by atoms with E-state index >= 15 is 0 Å². The van der Waals surface area contributed by atoms with Crippen LogP contribution in [0.4, 0.5) is 5.95 Å². The van der Waals surface area contributed by atoms with Crippen LogP contribution in [0.15, 0.2) is 52.2 Å². The van der Waals surface area contributed by atoms with Gasteiger partial charge >= 0.3 is 0 Å². The number of aromatic nitrogens is 4. The zero-order valence-electron chi connectivity index (χ0n) is 17.9. The van der Waals surface area contributed by atoms with Crippen molar-refractivity contribution in [1.82, 2.24) is 19.5 Å². The molecule has 0 unspecified atom stereocenters. The molecule has 0 amide bonds. The van der Waals surface area contributed by atoms with Crippen molar-refractivity contribution >= 4 is 39.5 Å². The van der Waals surface area contributed by atoms with Crippen molar-refractivity contribution in [3.8, 4) is 0 Å². The van der Waals surface area contributed by atoms with Gasteiger partial charge in [0, 0.05) is 45.7 Å². The lowest BCUT2D eigenvalue weighted by Crippen LogP contribution is -2.27. The molecular weight excluding hydrogens is 414 g/mol. The lowest BCUT2D eigenvalue weighted by Gasteiger charge is -2.21. The van der Waals surface area contributed by atoms with Gasteiger partial charge in [-0.2, -0.15) is 4.98 Å². The van der Waals surface area contributed by atoms with Crippen LogP contribution in [0.1, 0.15) is 39.3 Å². The lowest BCUT2D eigenvalue weighted by atomic mass is 9.97. The summed E-state index contributed by atoms with van der Waals surface area (Å²) < 4.78 is 1.66. The minimum Gasteiger partial charge on any atom is -0.347 e. The highest BCUT2D eigenvalue weighted by Gasteiger charge is 2.17. The minimum atomic E-state index is -0.365. The van der Waals surface area contributed by atoms with E-state index in [1.807, 2.05) is 13.0 Å². The predicted octanol–water partition coefficient (Wildman–Crippen LogP) is 4.51. The summed E-state index contributed by atoms with van der Waals surface area (Å²) in [4.78, 5) is 36.9. The highest BCUT2D eigenvalue weighted by molar-refractivity contribution is 6.31. The summed E-state index contributed by atoms with van der Waals surface area (Å²) in [6.45, 7) is 8.60. The molecular formula is C23H24ClN5O2. The lowest BCUT2D eigenvalue weighted by molar-refractivity contribution is 0.343. The summed E-state index contributed by atoms with van der Waals surface area (Å²) >= 11 is 6.09. The molecule has 0 bridgehead atoms. The molecule has 0 spiro atoms. The molecule has 4 rings (SSSR count). The first kappa shape index (κ1) is 21.1. The van der Waals surface area contributed by atoms with Crippen LogP contribution in [0, 0.1) is 5.41 Å². The van der Waals surface area contributed by atoms with Crippen molar-refractivity contribution in [2.45, 2.75) is 40.3 Å². The topological polar surface area (TPSA) is 92.7 Å². The fourth-order valence-electron chi connectivity index (χ4n) is 3.56. The fraction of sp³-hybridized carbons (Fsp3) is 0.304. The summed E-state index contributed by atoms with van der Waals surface area (Å²) in [6.07, 6.45) is 1.68. The number of halogens is 1. The van der Waals surface area contributed by atoms with Crippen LogP contribution in [0.25, 0.3) is 21.9 Å². The molecule has 31 heavy (non-hydrogen) atoms. The van der Waals surface area contributed by atoms with Gasteiger partial charge in [0.25, 0.3) is 11.1 Å². The summed E-state index contributed by atoms with van der Waals surface area (Å²) in [7, 11) is 0. The zero-order chi connectivity index (χ0) is 22.3. The molecule has 4 aromatic rings. The number of aromatic amines is 1. The van der Waals surface area contributed by atoms with Gasteiger partial charge in [-0.1, -0.05) is 32.4 Å². The second-order valence-corrected chi connectivity index (χ2v) is 9.38. The average Bonchev–Trinajstić information content (AvgIpc) is 2.69. The Kier molecular flexibility index (Phi) is 5.31.